The van der Waals surface area contributed by atoms with Crippen LogP contribution in [0.4, 0.5) is 5.69 Å². The van der Waals surface area contributed by atoms with Gasteiger partial charge in [0.1, 0.15) is 0 Å². The van der Waals surface area contributed by atoms with Crippen LogP contribution in [-0.2, 0) is 17.6 Å². The fraction of sp³-hybridized carbons (Fsp3) is 0.320. The van der Waals surface area contributed by atoms with Crippen LogP contribution in [0.25, 0.3) is 0 Å². The van der Waals surface area contributed by atoms with Crippen LogP contribution >= 0.6 is 12.4 Å². The van der Waals surface area contributed by atoms with Crippen molar-refractivity contribution in [3.63, 3.8) is 0 Å². The summed E-state index contributed by atoms with van der Waals surface area (Å²) in [5.74, 6) is 0.139. The third-order valence-corrected chi connectivity index (χ3v) is 5.72. The lowest BCUT2D eigenvalue weighted by Gasteiger charge is -2.38. The van der Waals surface area contributed by atoms with Gasteiger partial charge in [0.25, 0.3) is 0 Å². The van der Waals surface area contributed by atoms with Crippen molar-refractivity contribution in [3.05, 3.63) is 90.4 Å². The van der Waals surface area contributed by atoms with Gasteiger partial charge in [-0.05, 0) is 48.6 Å². The van der Waals surface area contributed by atoms with Gasteiger partial charge in [0.15, 0.2) is 0 Å². The van der Waals surface area contributed by atoms with E-state index in [1.807, 2.05) is 41.3 Å². The Hall–Kier alpha value is -2.56. The van der Waals surface area contributed by atoms with Crippen molar-refractivity contribution in [1.82, 2.24) is 4.90 Å². The van der Waals surface area contributed by atoms with Gasteiger partial charge < -0.3 is 14.2 Å². The Kier molecular flexibility index (Phi) is 8.12. The minimum absolute atomic E-state index is 0. The summed E-state index contributed by atoms with van der Waals surface area (Å²) in [6.45, 7) is 3.13. The summed E-state index contributed by atoms with van der Waals surface area (Å²) in [6, 6.07) is 22.8. The van der Waals surface area contributed by atoms with Gasteiger partial charge in [-0.3, -0.25) is 4.79 Å². The summed E-state index contributed by atoms with van der Waals surface area (Å²) in [6.07, 6.45) is 6.74. The molecule has 30 heavy (non-hydrogen) atoms. The molecule has 0 saturated carbocycles. The Morgan fingerprint density at radius 2 is 1.60 bits per heavy atom. The summed E-state index contributed by atoms with van der Waals surface area (Å²) in [5, 5.41) is 0. The van der Waals surface area contributed by atoms with Crippen LogP contribution in [-0.4, -0.2) is 36.5 Å². The maximum atomic E-state index is 13.2. The standard InChI is InChI=1S/C25H28N2O2.ClH/c28-25(19-22-14-18-29-20-22)27(23-9-5-2-6-10-23)24-12-16-26(17-13-24)15-11-21-7-3-1-4-8-21;/h1-10,14,18,20,24H,11-13,15-17,19H2;1H. The first-order valence-electron chi connectivity index (χ1n) is 10.4. The minimum atomic E-state index is 0. The average Bonchev–Trinajstić information content (AvgIpc) is 3.28. The first-order chi connectivity index (χ1) is 14.3. The molecule has 1 amide bonds. The molecule has 0 aliphatic carbocycles. The molecule has 1 fully saturated rings. The second kappa shape index (κ2) is 11.0. The number of carbonyl (C=O) groups is 1. The van der Waals surface area contributed by atoms with E-state index in [0.717, 1.165) is 50.1 Å². The van der Waals surface area contributed by atoms with Gasteiger partial charge in [-0.1, -0.05) is 48.5 Å². The van der Waals surface area contributed by atoms with Crippen molar-refractivity contribution in [2.45, 2.75) is 31.7 Å². The summed E-state index contributed by atoms with van der Waals surface area (Å²) in [4.78, 5) is 17.7. The number of likely N-dealkylation sites (tertiary alicyclic amines) is 1. The van der Waals surface area contributed by atoms with E-state index in [2.05, 4.69) is 35.2 Å². The van der Waals surface area contributed by atoms with Gasteiger partial charge >= 0.3 is 0 Å². The van der Waals surface area contributed by atoms with Crippen LogP contribution in [0.1, 0.15) is 24.0 Å². The number of rotatable bonds is 7. The molecule has 1 aliphatic rings. The topological polar surface area (TPSA) is 36.7 Å². The summed E-state index contributed by atoms with van der Waals surface area (Å²) in [7, 11) is 0. The highest BCUT2D eigenvalue weighted by molar-refractivity contribution is 5.95. The summed E-state index contributed by atoms with van der Waals surface area (Å²) >= 11 is 0. The van der Waals surface area contributed by atoms with Gasteiger partial charge in [0.2, 0.25) is 5.91 Å². The van der Waals surface area contributed by atoms with Crippen LogP contribution in [0.2, 0.25) is 0 Å². The maximum absolute atomic E-state index is 13.2. The van der Waals surface area contributed by atoms with Crippen LogP contribution in [0, 0.1) is 0 Å². The van der Waals surface area contributed by atoms with Gasteiger partial charge in [-0.25, -0.2) is 0 Å². The average molecular weight is 425 g/mol. The first kappa shape index (κ1) is 22.1. The van der Waals surface area contributed by atoms with E-state index in [1.54, 1.807) is 12.5 Å². The highest BCUT2D eigenvalue weighted by Gasteiger charge is 2.29. The number of halogens is 1. The van der Waals surface area contributed by atoms with Crippen LogP contribution in [0.5, 0.6) is 0 Å². The van der Waals surface area contributed by atoms with E-state index in [0.29, 0.717) is 6.42 Å². The number of carbonyl (C=O) groups excluding carboxylic acids is 1. The molecule has 4 rings (SSSR count). The smallest absolute Gasteiger partial charge is 0.231 e. The number of amides is 1. The Labute approximate surface area is 184 Å². The molecular formula is C25H29ClN2O2. The van der Waals surface area contributed by atoms with Crippen molar-refractivity contribution in [1.29, 1.82) is 0 Å². The van der Waals surface area contributed by atoms with E-state index >= 15 is 0 Å². The molecule has 0 bridgehead atoms. The van der Waals surface area contributed by atoms with Gasteiger partial charge in [-0.2, -0.15) is 0 Å². The number of anilines is 1. The van der Waals surface area contributed by atoms with E-state index in [9.17, 15) is 4.79 Å². The molecule has 1 aromatic heterocycles. The van der Waals surface area contributed by atoms with Crippen molar-refractivity contribution < 1.29 is 9.21 Å². The maximum Gasteiger partial charge on any atom is 0.231 e. The molecule has 0 spiro atoms. The molecule has 1 saturated heterocycles. The van der Waals surface area contributed by atoms with Crippen LogP contribution < -0.4 is 4.90 Å². The number of hydrogen-bond donors (Lipinski definition) is 0. The molecule has 1 aliphatic heterocycles. The molecule has 0 unspecified atom stereocenters. The van der Waals surface area contributed by atoms with Crippen molar-refractivity contribution in [2.24, 2.45) is 0 Å². The molecule has 0 atom stereocenters. The number of para-hydroxylation sites is 1. The van der Waals surface area contributed by atoms with Crippen molar-refractivity contribution in [2.75, 3.05) is 24.5 Å². The zero-order valence-electron chi connectivity index (χ0n) is 17.2. The molecule has 5 heteroatoms. The van der Waals surface area contributed by atoms with Crippen molar-refractivity contribution >= 4 is 24.0 Å². The van der Waals surface area contributed by atoms with Gasteiger partial charge in [-0.15, -0.1) is 12.4 Å². The van der Waals surface area contributed by atoms with Gasteiger partial charge in [0.05, 0.1) is 18.9 Å². The zero-order chi connectivity index (χ0) is 19.9. The van der Waals surface area contributed by atoms with E-state index < -0.39 is 0 Å². The number of nitrogens with zero attached hydrogens (tertiary/aromatic N) is 2. The summed E-state index contributed by atoms with van der Waals surface area (Å²) in [5.41, 5.74) is 3.30. The van der Waals surface area contributed by atoms with E-state index in [-0.39, 0.29) is 24.4 Å². The second-order valence-corrected chi connectivity index (χ2v) is 7.72. The lowest BCUT2D eigenvalue weighted by Crippen LogP contribution is -2.48. The second-order valence-electron chi connectivity index (χ2n) is 7.72. The Morgan fingerprint density at radius 1 is 0.933 bits per heavy atom. The molecule has 0 radical (unpaired) electrons. The SMILES string of the molecule is Cl.O=C(Cc1ccoc1)N(c1ccccc1)C1CCN(CCc2ccccc2)CC1. The number of piperidine rings is 1. The van der Waals surface area contributed by atoms with Crippen molar-refractivity contribution in [3.8, 4) is 0 Å². The lowest BCUT2D eigenvalue weighted by atomic mass is 10.0. The number of furan rings is 1. The minimum Gasteiger partial charge on any atom is -0.472 e. The van der Waals surface area contributed by atoms with Gasteiger partial charge in [0, 0.05) is 31.4 Å². The molecule has 2 aromatic carbocycles. The molecule has 158 valence electrons. The first-order valence-corrected chi connectivity index (χ1v) is 10.4. The van der Waals surface area contributed by atoms with E-state index in [1.165, 1.54) is 5.56 Å². The molecule has 4 nitrogen and oxygen atoms in total. The molecule has 3 aromatic rings. The summed E-state index contributed by atoms with van der Waals surface area (Å²) < 4.78 is 5.15. The predicted molar refractivity (Wildman–Crippen MR) is 123 cm³/mol. The highest BCUT2D eigenvalue weighted by Crippen LogP contribution is 2.25. The predicted octanol–water partition coefficient (Wildman–Crippen LogP) is 4.98. The lowest BCUT2D eigenvalue weighted by molar-refractivity contribution is -0.118. The molecule has 0 N–H and O–H groups in total. The zero-order valence-corrected chi connectivity index (χ0v) is 18.0. The quantitative estimate of drug-likeness (QED) is 0.536. The molecule has 2 heterocycles. The highest BCUT2D eigenvalue weighted by atomic mass is 35.5. The van der Waals surface area contributed by atoms with E-state index in [4.69, 9.17) is 4.42 Å². The van der Waals surface area contributed by atoms with Crippen LogP contribution in [0.15, 0.2) is 83.7 Å². The Morgan fingerprint density at radius 3 is 2.23 bits per heavy atom. The number of hydrogen-bond acceptors (Lipinski definition) is 3. The third-order valence-electron chi connectivity index (χ3n) is 5.72. The number of benzene rings is 2. The Balaban J connectivity index is 0.00000256. The molecular weight excluding hydrogens is 396 g/mol. The Bertz CT molecular complexity index is 876. The van der Waals surface area contributed by atoms with Crippen LogP contribution in [0.3, 0.4) is 0 Å². The fourth-order valence-electron chi connectivity index (χ4n) is 4.13. The monoisotopic (exact) mass is 424 g/mol. The fourth-order valence-corrected chi connectivity index (χ4v) is 4.13. The normalized spacial score (nSPS) is 14.8. The largest absolute Gasteiger partial charge is 0.472 e. The third kappa shape index (κ3) is 5.74.